The summed E-state index contributed by atoms with van der Waals surface area (Å²) in [6, 6.07) is 7.46. The Morgan fingerprint density at radius 1 is 1.08 bits per heavy atom. The highest BCUT2D eigenvalue weighted by Gasteiger charge is 2.18. The van der Waals surface area contributed by atoms with Gasteiger partial charge in [0.1, 0.15) is 4.90 Å². The highest BCUT2D eigenvalue weighted by Crippen LogP contribution is 2.34. The molecule has 0 amide bonds. The van der Waals surface area contributed by atoms with Crippen LogP contribution in [0.4, 0.5) is 23.3 Å². The van der Waals surface area contributed by atoms with Crippen molar-refractivity contribution < 1.29 is 13.0 Å². The molecule has 24 heavy (non-hydrogen) atoms. The molecule has 0 radical (unpaired) electrons. The van der Waals surface area contributed by atoms with Crippen LogP contribution in [0.25, 0.3) is 10.8 Å². The number of benzene rings is 2. The molecule has 0 atom stereocenters. The molecular formula is C13H11ClN6O3S. The molecule has 0 bridgehead atoms. The Morgan fingerprint density at radius 2 is 1.83 bits per heavy atom. The molecule has 3 rings (SSSR count). The van der Waals surface area contributed by atoms with Gasteiger partial charge in [-0.15, -0.1) is 0 Å². The van der Waals surface area contributed by atoms with Crippen molar-refractivity contribution in [3.63, 3.8) is 0 Å². The molecule has 0 spiro atoms. The molecule has 0 unspecified atom stereocenters. The lowest BCUT2D eigenvalue weighted by Crippen LogP contribution is -2.06. The van der Waals surface area contributed by atoms with E-state index in [4.69, 9.17) is 23.1 Å². The van der Waals surface area contributed by atoms with Crippen LogP contribution in [-0.4, -0.2) is 27.9 Å². The van der Waals surface area contributed by atoms with E-state index in [0.29, 0.717) is 16.8 Å². The number of fused-ring (bicyclic) bond motifs is 1. The quantitative estimate of drug-likeness (QED) is 0.400. The highest BCUT2D eigenvalue weighted by atomic mass is 35.5. The monoisotopic (exact) mass is 366 g/mol. The standard InChI is InChI=1S/C13H11ClN6O3S/c14-11-18-12(16)20-13(19-11)17-8-5-4-7(15)6-2-1-3-9(10(6)8)24(21,22)23/h1-5H,15H2,(H,21,22,23)(H3,16,17,18,19,20). The average molecular weight is 367 g/mol. The third kappa shape index (κ3) is 3.02. The van der Waals surface area contributed by atoms with E-state index >= 15 is 0 Å². The first kappa shape index (κ1) is 16.2. The molecule has 0 saturated carbocycles. The van der Waals surface area contributed by atoms with Gasteiger partial charge in [-0.05, 0) is 29.8 Å². The second-order valence-corrected chi connectivity index (χ2v) is 6.50. The van der Waals surface area contributed by atoms with Crippen molar-refractivity contribution in [1.82, 2.24) is 15.0 Å². The van der Waals surface area contributed by atoms with Crippen LogP contribution < -0.4 is 16.8 Å². The molecule has 1 heterocycles. The van der Waals surface area contributed by atoms with Crippen LogP contribution in [0.1, 0.15) is 0 Å². The second kappa shape index (κ2) is 5.74. The van der Waals surface area contributed by atoms with E-state index in [2.05, 4.69) is 20.3 Å². The van der Waals surface area contributed by atoms with Crippen molar-refractivity contribution in [1.29, 1.82) is 0 Å². The zero-order valence-corrected chi connectivity index (χ0v) is 13.5. The number of hydrogen-bond donors (Lipinski definition) is 4. The number of nitrogens with one attached hydrogen (secondary N) is 1. The van der Waals surface area contributed by atoms with Crippen LogP contribution >= 0.6 is 11.6 Å². The second-order valence-electron chi connectivity index (χ2n) is 4.77. The fourth-order valence-electron chi connectivity index (χ4n) is 2.26. The zero-order valence-electron chi connectivity index (χ0n) is 11.9. The van der Waals surface area contributed by atoms with E-state index in [1.165, 1.54) is 18.2 Å². The van der Waals surface area contributed by atoms with Crippen molar-refractivity contribution in [3.05, 3.63) is 35.6 Å². The summed E-state index contributed by atoms with van der Waals surface area (Å²) in [6.07, 6.45) is 0. The summed E-state index contributed by atoms with van der Waals surface area (Å²) in [4.78, 5) is 11.1. The normalized spacial score (nSPS) is 11.6. The van der Waals surface area contributed by atoms with E-state index in [0.717, 1.165) is 0 Å². The summed E-state index contributed by atoms with van der Waals surface area (Å²) in [5.74, 6) is -0.0871. The first-order valence-electron chi connectivity index (χ1n) is 6.48. The van der Waals surface area contributed by atoms with Gasteiger partial charge in [-0.25, -0.2) is 0 Å². The number of rotatable bonds is 3. The van der Waals surface area contributed by atoms with Crippen molar-refractivity contribution in [2.45, 2.75) is 4.90 Å². The first-order chi connectivity index (χ1) is 11.3. The van der Waals surface area contributed by atoms with Gasteiger partial charge in [-0.1, -0.05) is 12.1 Å². The molecule has 0 fully saturated rings. The lowest BCUT2D eigenvalue weighted by Gasteiger charge is -2.13. The number of hydrogen-bond acceptors (Lipinski definition) is 8. The molecule has 11 heteroatoms. The smallest absolute Gasteiger partial charge is 0.295 e. The van der Waals surface area contributed by atoms with Gasteiger partial charge in [-0.3, -0.25) is 4.55 Å². The average Bonchev–Trinajstić information content (AvgIpc) is 2.48. The number of aromatic nitrogens is 3. The van der Waals surface area contributed by atoms with Gasteiger partial charge in [0.2, 0.25) is 17.2 Å². The molecule has 1 aromatic heterocycles. The Kier molecular flexibility index (Phi) is 3.87. The van der Waals surface area contributed by atoms with Crippen molar-refractivity contribution in [2.24, 2.45) is 0 Å². The van der Waals surface area contributed by atoms with Crippen molar-refractivity contribution >= 4 is 55.8 Å². The topological polar surface area (TPSA) is 157 Å². The summed E-state index contributed by atoms with van der Waals surface area (Å²) in [5.41, 5.74) is 12.0. The molecule has 6 N–H and O–H groups in total. The Balaban J connectivity index is 2.26. The van der Waals surface area contributed by atoms with E-state index in [1.807, 2.05) is 0 Å². The number of halogens is 1. The highest BCUT2D eigenvalue weighted by molar-refractivity contribution is 7.86. The van der Waals surface area contributed by atoms with Crippen LogP contribution in [0.15, 0.2) is 35.2 Å². The molecule has 2 aromatic carbocycles. The number of nitrogens with zero attached hydrogens (tertiary/aromatic N) is 3. The third-order valence-electron chi connectivity index (χ3n) is 3.19. The van der Waals surface area contributed by atoms with Crippen LogP contribution in [0.5, 0.6) is 0 Å². The van der Waals surface area contributed by atoms with Crippen molar-refractivity contribution in [3.8, 4) is 0 Å². The van der Waals surface area contributed by atoms with E-state index in [1.54, 1.807) is 12.1 Å². The predicted octanol–water partition coefficient (Wildman–Crippen LogP) is 1.83. The minimum Gasteiger partial charge on any atom is -0.398 e. The number of anilines is 4. The fraction of sp³-hybridized carbons (Fsp3) is 0. The van der Waals surface area contributed by atoms with Crippen LogP contribution in [0.2, 0.25) is 5.28 Å². The molecule has 0 aliphatic rings. The number of nitrogen functional groups attached to an aromatic ring is 2. The predicted molar refractivity (Wildman–Crippen MR) is 90.7 cm³/mol. The first-order valence-corrected chi connectivity index (χ1v) is 8.30. The summed E-state index contributed by atoms with van der Waals surface area (Å²) in [5, 5.41) is 3.31. The summed E-state index contributed by atoms with van der Waals surface area (Å²) >= 11 is 5.73. The summed E-state index contributed by atoms with van der Waals surface area (Å²) in [6.45, 7) is 0. The Morgan fingerprint density at radius 3 is 2.50 bits per heavy atom. The maximum atomic E-state index is 11.7. The van der Waals surface area contributed by atoms with E-state index in [9.17, 15) is 13.0 Å². The SMILES string of the molecule is Nc1nc(Cl)nc(Nc2ccc(N)c3cccc(S(=O)(=O)O)c23)n1. The fourth-order valence-corrected chi connectivity index (χ4v) is 3.15. The Bertz CT molecular complexity index is 1040. The molecule has 124 valence electrons. The Hall–Kier alpha value is -2.69. The van der Waals surface area contributed by atoms with E-state index in [-0.39, 0.29) is 27.5 Å². The van der Waals surface area contributed by atoms with Gasteiger partial charge in [0, 0.05) is 16.5 Å². The Labute approximate surface area is 141 Å². The van der Waals surface area contributed by atoms with Crippen LogP contribution in [0.3, 0.4) is 0 Å². The van der Waals surface area contributed by atoms with Crippen LogP contribution in [0, 0.1) is 0 Å². The zero-order chi connectivity index (χ0) is 17.5. The minimum absolute atomic E-state index is 0.0173. The molecule has 0 aliphatic carbocycles. The molecule has 0 saturated heterocycles. The molecule has 3 aromatic rings. The minimum atomic E-state index is -4.48. The van der Waals surface area contributed by atoms with Crippen LogP contribution in [-0.2, 0) is 10.1 Å². The lowest BCUT2D eigenvalue weighted by atomic mass is 10.1. The maximum absolute atomic E-state index is 11.7. The lowest BCUT2D eigenvalue weighted by molar-refractivity contribution is 0.484. The molecule has 9 nitrogen and oxygen atoms in total. The van der Waals surface area contributed by atoms with Gasteiger partial charge >= 0.3 is 0 Å². The van der Waals surface area contributed by atoms with Gasteiger partial charge < -0.3 is 16.8 Å². The van der Waals surface area contributed by atoms with Gasteiger partial charge in [0.25, 0.3) is 10.1 Å². The maximum Gasteiger partial charge on any atom is 0.295 e. The number of nitrogens with two attached hydrogens (primary N) is 2. The molecule has 0 aliphatic heterocycles. The van der Waals surface area contributed by atoms with E-state index < -0.39 is 10.1 Å². The molecular weight excluding hydrogens is 356 g/mol. The summed E-state index contributed by atoms with van der Waals surface area (Å²) in [7, 11) is -4.48. The van der Waals surface area contributed by atoms with Crippen molar-refractivity contribution in [2.75, 3.05) is 16.8 Å². The largest absolute Gasteiger partial charge is 0.398 e. The van der Waals surface area contributed by atoms with Gasteiger partial charge in [-0.2, -0.15) is 23.4 Å². The third-order valence-corrected chi connectivity index (χ3v) is 4.25. The van der Waals surface area contributed by atoms with Gasteiger partial charge in [0.05, 0.1) is 5.69 Å². The summed E-state index contributed by atoms with van der Waals surface area (Å²) < 4.78 is 32.8. The van der Waals surface area contributed by atoms with Gasteiger partial charge in [0.15, 0.2) is 0 Å².